The minimum atomic E-state index is -0.0198. The zero-order valence-electron chi connectivity index (χ0n) is 10.4. The van der Waals surface area contributed by atoms with Gasteiger partial charge < -0.3 is 14.3 Å². The number of carbonyl (C=O) groups is 1. The topological polar surface area (TPSA) is 62.1 Å². The van der Waals surface area contributed by atoms with Gasteiger partial charge in [-0.2, -0.15) is 0 Å². The van der Waals surface area contributed by atoms with Crippen molar-refractivity contribution in [1.82, 2.24) is 14.9 Å². The fourth-order valence-electron chi connectivity index (χ4n) is 1.74. The van der Waals surface area contributed by atoms with Gasteiger partial charge in [0.2, 0.25) is 0 Å². The Balaban J connectivity index is 2.07. The minimum absolute atomic E-state index is 0.0198. The summed E-state index contributed by atoms with van der Waals surface area (Å²) in [4.78, 5) is 21.2. The monoisotopic (exact) mass is 247 g/mol. The molecule has 2 rings (SSSR count). The number of hydrogen-bond donors (Lipinski definition) is 1. The van der Waals surface area contributed by atoms with E-state index >= 15 is 0 Å². The highest BCUT2D eigenvalue weighted by Crippen LogP contribution is 2.09. The Hall–Kier alpha value is -2.04. The van der Waals surface area contributed by atoms with E-state index in [1.54, 1.807) is 23.4 Å². The third-order valence-electron chi connectivity index (χ3n) is 2.73. The van der Waals surface area contributed by atoms with Gasteiger partial charge in [-0.3, -0.25) is 4.79 Å². The maximum Gasteiger partial charge on any atom is 0.257 e. The van der Waals surface area contributed by atoms with Gasteiger partial charge in [0.05, 0.1) is 18.4 Å². The van der Waals surface area contributed by atoms with E-state index in [1.807, 2.05) is 0 Å². The average molecular weight is 247 g/mol. The van der Waals surface area contributed by atoms with Gasteiger partial charge in [0.25, 0.3) is 5.91 Å². The second kappa shape index (κ2) is 6.05. The van der Waals surface area contributed by atoms with E-state index in [9.17, 15) is 4.79 Å². The fourth-order valence-corrected chi connectivity index (χ4v) is 1.74. The van der Waals surface area contributed by atoms with Crippen molar-refractivity contribution in [3.8, 4) is 0 Å². The number of rotatable bonds is 6. The Morgan fingerprint density at radius 3 is 3.06 bits per heavy atom. The summed E-state index contributed by atoms with van der Waals surface area (Å²) in [7, 11) is 0. The highest BCUT2D eigenvalue weighted by Gasteiger charge is 2.17. The first-order chi connectivity index (χ1) is 8.81. The zero-order valence-corrected chi connectivity index (χ0v) is 10.4. The number of hydrogen-bond acceptors (Lipinski definition) is 3. The van der Waals surface area contributed by atoms with Crippen LogP contribution in [-0.2, 0) is 6.54 Å². The van der Waals surface area contributed by atoms with Crippen molar-refractivity contribution < 1.29 is 9.21 Å². The number of aromatic amines is 1. The molecule has 0 bridgehead atoms. The molecule has 2 heterocycles. The van der Waals surface area contributed by atoms with Gasteiger partial charge >= 0.3 is 0 Å². The summed E-state index contributed by atoms with van der Waals surface area (Å²) in [5.74, 6) is 0.775. The number of furan rings is 1. The summed E-state index contributed by atoms with van der Waals surface area (Å²) in [6.07, 6.45) is 8.46. The Morgan fingerprint density at radius 2 is 2.44 bits per heavy atom. The van der Waals surface area contributed by atoms with Gasteiger partial charge in [0.15, 0.2) is 0 Å². The van der Waals surface area contributed by atoms with Crippen LogP contribution in [0.15, 0.2) is 35.4 Å². The van der Waals surface area contributed by atoms with Crippen LogP contribution in [-0.4, -0.2) is 27.3 Å². The summed E-state index contributed by atoms with van der Waals surface area (Å²) in [6.45, 7) is 3.33. The number of aromatic nitrogens is 2. The molecule has 0 unspecified atom stereocenters. The Kier molecular flexibility index (Phi) is 4.17. The van der Waals surface area contributed by atoms with E-state index < -0.39 is 0 Å². The van der Waals surface area contributed by atoms with E-state index in [-0.39, 0.29) is 5.91 Å². The molecular weight excluding hydrogens is 230 g/mol. The molecule has 96 valence electrons. The Morgan fingerprint density at radius 1 is 1.56 bits per heavy atom. The standard InChI is InChI=1S/C13H17N3O2/c1-2-3-7-16(9-12-14-5-6-15-12)13(17)11-4-8-18-10-11/h4-6,8,10H,2-3,7,9H2,1H3,(H,14,15). The third kappa shape index (κ3) is 3.00. The van der Waals surface area contributed by atoms with Crippen LogP contribution in [0.2, 0.25) is 0 Å². The summed E-state index contributed by atoms with van der Waals surface area (Å²) in [5.41, 5.74) is 0.581. The highest BCUT2D eigenvalue weighted by molar-refractivity contribution is 5.93. The van der Waals surface area contributed by atoms with Gasteiger partial charge in [0, 0.05) is 18.9 Å². The van der Waals surface area contributed by atoms with Gasteiger partial charge in [-0.1, -0.05) is 13.3 Å². The molecule has 2 aromatic rings. The normalized spacial score (nSPS) is 10.5. The molecule has 18 heavy (non-hydrogen) atoms. The van der Waals surface area contributed by atoms with E-state index in [2.05, 4.69) is 16.9 Å². The number of unbranched alkanes of at least 4 members (excludes halogenated alkanes) is 1. The second-order valence-electron chi connectivity index (χ2n) is 4.13. The molecule has 0 spiro atoms. The van der Waals surface area contributed by atoms with Crippen molar-refractivity contribution in [2.45, 2.75) is 26.3 Å². The van der Waals surface area contributed by atoms with E-state index in [4.69, 9.17) is 4.42 Å². The molecule has 0 atom stereocenters. The third-order valence-corrected chi connectivity index (χ3v) is 2.73. The van der Waals surface area contributed by atoms with Crippen LogP contribution in [0.25, 0.3) is 0 Å². The predicted molar refractivity (Wildman–Crippen MR) is 66.9 cm³/mol. The lowest BCUT2D eigenvalue weighted by Gasteiger charge is -2.20. The summed E-state index contributed by atoms with van der Waals surface area (Å²) >= 11 is 0. The van der Waals surface area contributed by atoms with Crippen LogP contribution in [0.1, 0.15) is 35.9 Å². The van der Waals surface area contributed by atoms with Crippen LogP contribution < -0.4 is 0 Å². The van der Waals surface area contributed by atoms with E-state index in [0.717, 1.165) is 25.2 Å². The molecule has 0 saturated heterocycles. The predicted octanol–water partition coefficient (Wildman–Crippen LogP) is 2.45. The van der Waals surface area contributed by atoms with Crippen LogP contribution in [0, 0.1) is 0 Å². The molecule has 5 heteroatoms. The number of nitrogens with zero attached hydrogens (tertiary/aromatic N) is 2. The van der Waals surface area contributed by atoms with Crippen molar-refractivity contribution in [3.05, 3.63) is 42.4 Å². The first-order valence-corrected chi connectivity index (χ1v) is 6.11. The number of nitrogens with one attached hydrogen (secondary N) is 1. The molecule has 5 nitrogen and oxygen atoms in total. The van der Waals surface area contributed by atoms with Crippen molar-refractivity contribution in [1.29, 1.82) is 0 Å². The lowest BCUT2D eigenvalue weighted by Crippen LogP contribution is -2.31. The van der Waals surface area contributed by atoms with Crippen molar-refractivity contribution in [3.63, 3.8) is 0 Å². The first kappa shape index (κ1) is 12.4. The van der Waals surface area contributed by atoms with E-state index in [0.29, 0.717) is 12.1 Å². The average Bonchev–Trinajstić information content (AvgIpc) is 3.06. The lowest BCUT2D eigenvalue weighted by molar-refractivity contribution is 0.0736. The molecular formula is C13H17N3O2. The zero-order chi connectivity index (χ0) is 12.8. The molecule has 0 radical (unpaired) electrons. The summed E-state index contributed by atoms with van der Waals surface area (Å²) in [6, 6.07) is 1.68. The molecule has 1 amide bonds. The number of H-pyrrole nitrogens is 1. The van der Waals surface area contributed by atoms with Gasteiger partial charge in [0.1, 0.15) is 12.1 Å². The Bertz CT molecular complexity index is 462. The number of carbonyl (C=O) groups excluding carboxylic acids is 1. The SMILES string of the molecule is CCCCN(Cc1ncc[nH]1)C(=O)c1ccoc1. The quantitative estimate of drug-likeness (QED) is 0.852. The molecule has 2 aromatic heterocycles. The largest absolute Gasteiger partial charge is 0.472 e. The van der Waals surface area contributed by atoms with Crippen molar-refractivity contribution in [2.24, 2.45) is 0 Å². The van der Waals surface area contributed by atoms with Gasteiger partial charge in [-0.15, -0.1) is 0 Å². The highest BCUT2D eigenvalue weighted by atomic mass is 16.3. The maximum absolute atomic E-state index is 12.3. The summed E-state index contributed by atoms with van der Waals surface area (Å²) < 4.78 is 4.95. The van der Waals surface area contributed by atoms with Gasteiger partial charge in [-0.25, -0.2) is 4.98 Å². The maximum atomic E-state index is 12.3. The van der Waals surface area contributed by atoms with Crippen LogP contribution in [0.4, 0.5) is 0 Å². The molecule has 0 aliphatic carbocycles. The molecule has 1 N–H and O–H groups in total. The van der Waals surface area contributed by atoms with Crippen molar-refractivity contribution >= 4 is 5.91 Å². The fraction of sp³-hybridized carbons (Fsp3) is 0.385. The van der Waals surface area contributed by atoms with Crippen LogP contribution in [0.5, 0.6) is 0 Å². The Labute approximate surface area is 106 Å². The second-order valence-corrected chi connectivity index (χ2v) is 4.13. The number of imidazole rings is 1. The van der Waals surface area contributed by atoms with Crippen molar-refractivity contribution in [2.75, 3.05) is 6.54 Å². The lowest BCUT2D eigenvalue weighted by atomic mass is 10.2. The van der Waals surface area contributed by atoms with Crippen LogP contribution in [0.3, 0.4) is 0 Å². The molecule has 0 aliphatic rings. The van der Waals surface area contributed by atoms with E-state index in [1.165, 1.54) is 12.5 Å². The van der Waals surface area contributed by atoms with Crippen LogP contribution >= 0.6 is 0 Å². The molecule has 0 aliphatic heterocycles. The number of amides is 1. The molecule has 0 fully saturated rings. The first-order valence-electron chi connectivity index (χ1n) is 6.11. The summed E-state index contributed by atoms with van der Waals surface area (Å²) in [5, 5.41) is 0. The molecule has 0 saturated carbocycles. The van der Waals surface area contributed by atoms with Gasteiger partial charge in [-0.05, 0) is 12.5 Å². The molecule has 0 aromatic carbocycles. The smallest absolute Gasteiger partial charge is 0.257 e. The minimum Gasteiger partial charge on any atom is -0.472 e.